The fraction of sp³-hybridized carbons (Fsp3) is 0.500. The lowest BCUT2D eigenvalue weighted by molar-refractivity contribution is -0.148. The summed E-state index contributed by atoms with van der Waals surface area (Å²) in [5.74, 6) is -1.36. The average Bonchev–Trinajstić information content (AvgIpc) is 2.82. The monoisotopic (exact) mass is 323 g/mol. The summed E-state index contributed by atoms with van der Waals surface area (Å²) in [5.41, 5.74) is 0.816. The van der Waals surface area contributed by atoms with Gasteiger partial charge in [-0.25, -0.2) is 4.79 Å². The van der Waals surface area contributed by atoms with Crippen LogP contribution in [0.3, 0.4) is 0 Å². The molecular weight excluding hydrogens is 302 g/mol. The van der Waals surface area contributed by atoms with Crippen molar-refractivity contribution in [2.75, 3.05) is 6.61 Å². The van der Waals surface area contributed by atoms with Gasteiger partial charge in [-0.3, -0.25) is 4.79 Å². The molecule has 1 saturated carbocycles. The lowest BCUT2D eigenvalue weighted by Crippen LogP contribution is -2.48. The molecule has 126 valence electrons. The molecule has 4 atom stereocenters. The first kappa shape index (κ1) is 17.2. The molecule has 0 saturated heterocycles. The number of carbonyl (C=O) groups excluding carboxylic acids is 2. The Morgan fingerprint density at radius 2 is 1.91 bits per heavy atom. The number of aliphatic hydroxyl groups is 2. The normalized spacial score (nSPS) is 26.6. The van der Waals surface area contributed by atoms with Gasteiger partial charge >= 0.3 is 12.1 Å². The Labute approximate surface area is 134 Å². The smallest absolute Gasteiger partial charge is 0.407 e. The van der Waals surface area contributed by atoms with Crippen LogP contribution in [0.2, 0.25) is 0 Å². The summed E-state index contributed by atoms with van der Waals surface area (Å²) in [7, 11) is 0. The van der Waals surface area contributed by atoms with Crippen molar-refractivity contribution in [2.45, 2.75) is 38.2 Å². The van der Waals surface area contributed by atoms with E-state index in [0.717, 1.165) is 5.56 Å². The van der Waals surface area contributed by atoms with E-state index in [2.05, 4.69) is 5.32 Å². The fourth-order valence-electron chi connectivity index (χ4n) is 2.60. The van der Waals surface area contributed by atoms with E-state index in [-0.39, 0.29) is 19.6 Å². The van der Waals surface area contributed by atoms with Crippen LogP contribution in [0.25, 0.3) is 0 Å². The van der Waals surface area contributed by atoms with Crippen LogP contribution in [-0.4, -0.2) is 47.1 Å². The number of amides is 1. The Balaban J connectivity index is 1.92. The molecule has 1 fully saturated rings. The molecule has 1 aromatic rings. The molecule has 0 aromatic heterocycles. The van der Waals surface area contributed by atoms with Crippen molar-refractivity contribution in [3.8, 4) is 0 Å². The molecule has 0 heterocycles. The molecule has 7 nitrogen and oxygen atoms in total. The molecule has 1 aromatic carbocycles. The molecule has 0 radical (unpaired) electrons. The Kier molecular flexibility index (Phi) is 5.95. The molecule has 0 aliphatic heterocycles. The van der Waals surface area contributed by atoms with Crippen molar-refractivity contribution in [2.24, 2.45) is 5.92 Å². The zero-order valence-corrected chi connectivity index (χ0v) is 12.8. The number of ether oxygens (including phenoxy) is 2. The van der Waals surface area contributed by atoms with Gasteiger partial charge in [-0.2, -0.15) is 0 Å². The average molecular weight is 323 g/mol. The van der Waals surface area contributed by atoms with Crippen molar-refractivity contribution in [3.63, 3.8) is 0 Å². The summed E-state index contributed by atoms with van der Waals surface area (Å²) in [6.45, 7) is 1.92. The summed E-state index contributed by atoms with van der Waals surface area (Å²) in [6, 6.07) is 8.18. The van der Waals surface area contributed by atoms with Crippen LogP contribution in [-0.2, 0) is 20.9 Å². The van der Waals surface area contributed by atoms with Crippen molar-refractivity contribution in [1.82, 2.24) is 5.32 Å². The maximum absolute atomic E-state index is 11.9. The molecule has 0 bridgehead atoms. The topological polar surface area (TPSA) is 105 Å². The van der Waals surface area contributed by atoms with Crippen molar-refractivity contribution in [3.05, 3.63) is 35.9 Å². The van der Waals surface area contributed by atoms with Crippen molar-refractivity contribution >= 4 is 12.1 Å². The van der Waals surface area contributed by atoms with E-state index in [4.69, 9.17) is 9.47 Å². The highest BCUT2D eigenvalue weighted by Crippen LogP contribution is 2.28. The van der Waals surface area contributed by atoms with Crippen LogP contribution in [0.4, 0.5) is 4.79 Å². The quantitative estimate of drug-likeness (QED) is 0.685. The second-order valence-corrected chi connectivity index (χ2v) is 5.38. The van der Waals surface area contributed by atoms with E-state index in [9.17, 15) is 19.8 Å². The van der Waals surface area contributed by atoms with Crippen molar-refractivity contribution in [1.29, 1.82) is 0 Å². The lowest BCUT2D eigenvalue weighted by Gasteiger charge is -2.22. The second kappa shape index (κ2) is 7.94. The van der Waals surface area contributed by atoms with Crippen LogP contribution in [0, 0.1) is 5.92 Å². The Morgan fingerprint density at radius 3 is 2.57 bits per heavy atom. The molecule has 7 heteroatoms. The summed E-state index contributed by atoms with van der Waals surface area (Å²) < 4.78 is 9.98. The fourth-order valence-corrected chi connectivity index (χ4v) is 2.60. The predicted molar refractivity (Wildman–Crippen MR) is 80.3 cm³/mol. The number of alkyl carbamates (subject to hydrolysis) is 1. The standard InChI is InChI=1S/C16H21NO6/c1-2-22-15(20)11-8-12(18)14(19)13(11)17-16(21)23-9-10-6-4-3-5-7-10/h3-7,11-14,18-19H,2,8-9H2,1H3,(H,17,21)/t11-,12-,13-,14-/m1/s1. The van der Waals surface area contributed by atoms with E-state index in [1.165, 1.54) is 0 Å². The minimum Gasteiger partial charge on any atom is -0.466 e. The maximum Gasteiger partial charge on any atom is 0.407 e. The zero-order chi connectivity index (χ0) is 16.8. The van der Waals surface area contributed by atoms with E-state index >= 15 is 0 Å². The van der Waals surface area contributed by atoms with Crippen LogP contribution >= 0.6 is 0 Å². The molecule has 3 N–H and O–H groups in total. The van der Waals surface area contributed by atoms with Gasteiger partial charge in [0.15, 0.2) is 0 Å². The van der Waals surface area contributed by atoms with Gasteiger partial charge in [0.25, 0.3) is 0 Å². The maximum atomic E-state index is 11.9. The van der Waals surface area contributed by atoms with Gasteiger partial charge in [-0.05, 0) is 18.9 Å². The molecule has 0 spiro atoms. The highest BCUT2D eigenvalue weighted by Gasteiger charge is 2.47. The molecule has 1 aliphatic rings. The van der Waals surface area contributed by atoms with Crippen LogP contribution < -0.4 is 5.32 Å². The molecule has 2 rings (SSSR count). The van der Waals surface area contributed by atoms with Crippen LogP contribution in [0.5, 0.6) is 0 Å². The first-order valence-electron chi connectivity index (χ1n) is 7.53. The summed E-state index contributed by atoms with van der Waals surface area (Å²) in [6.07, 6.45) is -3.07. The largest absolute Gasteiger partial charge is 0.466 e. The second-order valence-electron chi connectivity index (χ2n) is 5.38. The van der Waals surface area contributed by atoms with Crippen molar-refractivity contribution < 1.29 is 29.3 Å². The number of aliphatic hydroxyl groups excluding tert-OH is 2. The molecular formula is C16H21NO6. The highest BCUT2D eigenvalue weighted by atomic mass is 16.5. The van der Waals surface area contributed by atoms with Gasteiger partial charge in [0.05, 0.1) is 24.7 Å². The van der Waals surface area contributed by atoms with Crippen LogP contribution in [0.15, 0.2) is 30.3 Å². The highest BCUT2D eigenvalue weighted by molar-refractivity contribution is 5.76. The number of hydrogen-bond donors (Lipinski definition) is 3. The number of rotatable bonds is 5. The molecule has 23 heavy (non-hydrogen) atoms. The summed E-state index contributed by atoms with van der Waals surface area (Å²) in [4.78, 5) is 23.7. The van der Waals surface area contributed by atoms with Gasteiger partial charge in [-0.1, -0.05) is 30.3 Å². The van der Waals surface area contributed by atoms with Crippen LogP contribution in [0.1, 0.15) is 18.9 Å². The van der Waals surface area contributed by atoms with E-state index in [1.54, 1.807) is 6.92 Å². The third-order valence-electron chi connectivity index (χ3n) is 3.78. The molecule has 1 aliphatic carbocycles. The van der Waals surface area contributed by atoms with E-state index < -0.39 is 36.2 Å². The third-order valence-corrected chi connectivity index (χ3v) is 3.78. The van der Waals surface area contributed by atoms with Gasteiger partial charge in [0.2, 0.25) is 0 Å². The van der Waals surface area contributed by atoms with Gasteiger partial charge in [0.1, 0.15) is 12.7 Å². The van der Waals surface area contributed by atoms with E-state index in [1.807, 2.05) is 30.3 Å². The van der Waals surface area contributed by atoms with Gasteiger partial charge in [0, 0.05) is 0 Å². The van der Waals surface area contributed by atoms with Gasteiger partial charge < -0.3 is 25.0 Å². The number of esters is 1. The molecule has 1 amide bonds. The Hall–Kier alpha value is -2.12. The zero-order valence-electron chi connectivity index (χ0n) is 12.8. The van der Waals surface area contributed by atoms with E-state index in [0.29, 0.717) is 0 Å². The third kappa shape index (κ3) is 4.43. The number of carbonyl (C=O) groups is 2. The lowest BCUT2D eigenvalue weighted by atomic mass is 10.0. The summed E-state index contributed by atoms with van der Waals surface area (Å²) >= 11 is 0. The first-order chi connectivity index (χ1) is 11.0. The Bertz CT molecular complexity index is 535. The number of benzene rings is 1. The molecule has 0 unspecified atom stereocenters. The first-order valence-corrected chi connectivity index (χ1v) is 7.53. The minimum absolute atomic E-state index is 0.0314. The van der Waals surface area contributed by atoms with Gasteiger partial charge in [-0.15, -0.1) is 0 Å². The number of hydrogen-bond acceptors (Lipinski definition) is 6. The number of nitrogens with one attached hydrogen (secondary N) is 1. The summed E-state index contributed by atoms with van der Waals surface area (Å²) in [5, 5.41) is 22.1. The SMILES string of the molecule is CCOC(=O)[C@@H]1C[C@@H](O)[C@@H](O)[C@@H]1NC(=O)OCc1ccccc1. The predicted octanol–water partition coefficient (Wildman–Crippen LogP) is 0.586. The Morgan fingerprint density at radius 1 is 1.22 bits per heavy atom. The minimum atomic E-state index is -1.24.